The summed E-state index contributed by atoms with van der Waals surface area (Å²) >= 11 is 3.44. The molecule has 1 aromatic carbocycles. The van der Waals surface area contributed by atoms with E-state index < -0.39 is 0 Å². The number of nitrogens with one attached hydrogen (secondary N) is 1. The highest BCUT2D eigenvalue weighted by atomic mass is 79.9. The minimum absolute atomic E-state index is 0.123. The minimum Gasteiger partial charge on any atom is -0.380 e. The maximum atomic E-state index is 12.3. The standard InChI is InChI=1S/C14H19BrN2O2/c1-17(9-10-4-3-5-11(15)6-10)14(18)13-7-12(19-2)8-16-13/h3-6,12-13,16H,7-9H2,1-2H3. The average Bonchev–Trinajstić information content (AvgIpc) is 2.86. The van der Waals surface area contributed by atoms with Crippen molar-refractivity contribution >= 4 is 21.8 Å². The molecule has 19 heavy (non-hydrogen) atoms. The van der Waals surface area contributed by atoms with E-state index in [1.54, 1.807) is 12.0 Å². The predicted octanol–water partition coefficient (Wildman–Crippen LogP) is 1.78. The molecule has 0 spiro atoms. The van der Waals surface area contributed by atoms with Gasteiger partial charge >= 0.3 is 0 Å². The Hall–Kier alpha value is -0.910. The molecule has 1 fully saturated rings. The Balaban J connectivity index is 1.93. The molecule has 0 radical (unpaired) electrons. The molecule has 1 N–H and O–H groups in total. The fraction of sp³-hybridized carbons (Fsp3) is 0.500. The van der Waals surface area contributed by atoms with Crippen LogP contribution in [0.2, 0.25) is 0 Å². The highest BCUT2D eigenvalue weighted by Gasteiger charge is 2.31. The molecule has 0 aliphatic carbocycles. The lowest BCUT2D eigenvalue weighted by atomic mass is 10.1. The molecular formula is C14H19BrN2O2. The van der Waals surface area contributed by atoms with Crippen LogP contribution in [-0.2, 0) is 16.1 Å². The predicted molar refractivity (Wildman–Crippen MR) is 77.8 cm³/mol. The summed E-state index contributed by atoms with van der Waals surface area (Å²) in [4.78, 5) is 14.1. The first-order valence-electron chi connectivity index (χ1n) is 6.35. The van der Waals surface area contributed by atoms with E-state index >= 15 is 0 Å². The van der Waals surface area contributed by atoms with Gasteiger partial charge in [0.1, 0.15) is 0 Å². The van der Waals surface area contributed by atoms with E-state index in [2.05, 4.69) is 21.2 Å². The summed E-state index contributed by atoms with van der Waals surface area (Å²) in [5, 5.41) is 3.21. The van der Waals surface area contributed by atoms with Gasteiger partial charge in [-0.1, -0.05) is 28.1 Å². The van der Waals surface area contributed by atoms with Crippen LogP contribution in [0.3, 0.4) is 0 Å². The van der Waals surface area contributed by atoms with Crippen LogP contribution in [0.5, 0.6) is 0 Å². The largest absolute Gasteiger partial charge is 0.380 e. The number of hydrogen-bond acceptors (Lipinski definition) is 3. The van der Waals surface area contributed by atoms with E-state index in [9.17, 15) is 4.79 Å². The molecule has 1 saturated heterocycles. The van der Waals surface area contributed by atoms with E-state index in [0.717, 1.165) is 23.0 Å². The number of nitrogens with zero attached hydrogens (tertiary/aromatic N) is 1. The lowest BCUT2D eigenvalue weighted by molar-refractivity contribution is -0.132. The zero-order valence-electron chi connectivity index (χ0n) is 11.2. The van der Waals surface area contributed by atoms with Gasteiger partial charge in [-0.15, -0.1) is 0 Å². The van der Waals surface area contributed by atoms with Gasteiger partial charge in [0.15, 0.2) is 0 Å². The topological polar surface area (TPSA) is 41.6 Å². The smallest absolute Gasteiger partial charge is 0.239 e. The molecule has 0 aromatic heterocycles. The van der Waals surface area contributed by atoms with Gasteiger partial charge in [-0.25, -0.2) is 0 Å². The number of amides is 1. The summed E-state index contributed by atoms with van der Waals surface area (Å²) < 4.78 is 6.30. The van der Waals surface area contributed by atoms with E-state index in [-0.39, 0.29) is 18.1 Å². The second kappa shape index (κ2) is 6.50. The molecule has 1 aliphatic rings. The van der Waals surface area contributed by atoms with Crippen molar-refractivity contribution in [3.63, 3.8) is 0 Å². The second-order valence-corrected chi connectivity index (χ2v) is 5.79. The van der Waals surface area contributed by atoms with Crippen molar-refractivity contribution in [2.24, 2.45) is 0 Å². The van der Waals surface area contributed by atoms with Crippen LogP contribution in [0, 0.1) is 0 Å². The van der Waals surface area contributed by atoms with Gasteiger partial charge in [-0.05, 0) is 24.1 Å². The number of halogens is 1. The van der Waals surface area contributed by atoms with E-state index in [1.807, 2.05) is 31.3 Å². The first-order valence-corrected chi connectivity index (χ1v) is 7.15. The van der Waals surface area contributed by atoms with E-state index in [4.69, 9.17) is 4.74 Å². The van der Waals surface area contributed by atoms with Crippen LogP contribution in [0.15, 0.2) is 28.7 Å². The number of hydrogen-bond donors (Lipinski definition) is 1. The van der Waals surface area contributed by atoms with Crippen molar-refractivity contribution in [1.29, 1.82) is 0 Å². The van der Waals surface area contributed by atoms with Crippen LogP contribution in [-0.4, -0.2) is 43.7 Å². The SMILES string of the molecule is COC1CNC(C(=O)N(C)Cc2cccc(Br)c2)C1. The lowest BCUT2D eigenvalue weighted by Gasteiger charge is -2.21. The van der Waals surface area contributed by atoms with Gasteiger partial charge < -0.3 is 15.0 Å². The molecule has 1 aliphatic heterocycles. The van der Waals surface area contributed by atoms with Gasteiger partial charge in [0.2, 0.25) is 5.91 Å². The summed E-state index contributed by atoms with van der Waals surface area (Å²) in [5.41, 5.74) is 1.12. The molecular weight excluding hydrogens is 308 g/mol. The normalized spacial score (nSPS) is 22.5. The molecule has 0 saturated carbocycles. The van der Waals surface area contributed by atoms with Crippen LogP contribution in [0.25, 0.3) is 0 Å². The van der Waals surface area contributed by atoms with Crippen LogP contribution < -0.4 is 5.32 Å². The van der Waals surface area contributed by atoms with E-state index in [1.165, 1.54) is 0 Å². The number of carbonyl (C=O) groups excluding carboxylic acids is 1. The monoisotopic (exact) mass is 326 g/mol. The Morgan fingerprint density at radius 2 is 2.37 bits per heavy atom. The quantitative estimate of drug-likeness (QED) is 0.917. The zero-order chi connectivity index (χ0) is 13.8. The van der Waals surface area contributed by atoms with Crippen molar-refractivity contribution in [1.82, 2.24) is 10.2 Å². The zero-order valence-corrected chi connectivity index (χ0v) is 12.8. The van der Waals surface area contributed by atoms with Crippen LogP contribution in [0.1, 0.15) is 12.0 Å². The maximum absolute atomic E-state index is 12.3. The summed E-state index contributed by atoms with van der Waals surface area (Å²) in [6, 6.07) is 7.89. The van der Waals surface area contributed by atoms with Gasteiger partial charge in [-0.3, -0.25) is 4.79 Å². The second-order valence-electron chi connectivity index (χ2n) is 4.88. The first kappa shape index (κ1) is 14.5. The Kier molecular flexibility index (Phi) is 4.96. The summed E-state index contributed by atoms with van der Waals surface area (Å²) in [5.74, 6) is 0.125. The number of methoxy groups -OCH3 is 1. The van der Waals surface area contributed by atoms with Crippen molar-refractivity contribution in [3.05, 3.63) is 34.3 Å². The van der Waals surface area contributed by atoms with Crippen LogP contribution >= 0.6 is 15.9 Å². The molecule has 4 nitrogen and oxygen atoms in total. The fourth-order valence-corrected chi connectivity index (χ4v) is 2.77. The van der Waals surface area contributed by atoms with Gasteiger partial charge in [0.25, 0.3) is 0 Å². The van der Waals surface area contributed by atoms with Crippen molar-refractivity contribution < 1.29 is 9.53 Å². The minimum atomic E-state index is -0.123. The summed E-state index contributed by atoms with van der Waals surface area (Å²) in [6.07, 6.45) is 0.895. The Labute approximate surface area is 122 Å². The van der Waals surface area contributed by atoms with Gasteiger partial charge in [0, 0.05) is 31.7 Å². The number of carbonyl (C=O) groups is 1. The molecule has 0 bridgehead atoms. The molecule has 104 valence electrons. The molecule has 5 heteroatoms. The highest BCUT2D eigenvalue weighted by Crippen LogP contribution is 2.15. The third kappa shape index (κ3) is 3.78. The highest BCUT2D eigenvalue weighted by molar-refractivity contribution is 9.10. The molecule has 1 heterocycles. The third-order valence-electron chi connectivity index (χ3n) is 3.41. The summed E-state index contributed by atoms with van der Waals surface area (Å²) in [7, 11) is 3.52. The molecule has 1 amide bonds. The van der Waals surface area contributed by atoms with Gasteiger partial charge in [-0.2, -0.15) is 0 Å². The van der Waals surface area contributed by atoms with Gasteiger partial charge in [0.05, 0.1) is 12.1 Å². The molecule has 2 atom stereocenters. The van der Waals surface area contributed by atoms with Crippen LogP contribution in [0.4, 0.5) is 0 Å². The summed E-state index contributed by atoms with van der Waals surface area (Å²) in [6.45, 7) is 1.37. The van der Waals surface area contributed by atoms with Crippen molar-refractivity contribution in [3.8, 4) is 0 Å². The Morgan fingerprint density at radius 3 is 3.00 bits per heavy atom. The Morgan fingerprint density at radius 1 is 1.58 bits per heavy atom. The first-order chi connectivity index (χ1) is 9.10. The number of rotatable bonds is 4. The third-order valence-corrected chi connectivity index (χ3v) is 3.90. The number of benzene rings is 1. The Bertz CT molecular complexity index is 453. The fourth-order valence-electron chi connectivity index (χ4n) is 2.32. The lowest BCUT2D eigenvalue weighted by Crippen LogP contribution is -2.41. The van der Waals surface area contributed by atoms with Crippen molar-refractivity contribution in [2.75, 3.05) is 20.7 Å². The van der Waals surface area contributed by atoms with E-state index in [0.29, 0.717) is 6.54 Å². The number of ether oxygens (including phenoxy) is 1. The maximum Gasteiger partial charge on any atom is 0.239 e. The van der Waals surface area contributed by atoms with Crippen molar-refractivity contribution in [2.45, 2.75) is 25.1 Å². The molecule has 2 rings (SSSR count). The average molecular weight is 327 g/mol. The molecule has 1 aromatic rings. The molecule has 2 unspecified atom stereocenters. The number of likely N-dealkylation sites (N-methyl/N-ethyl adjacent to an activating group) is 1.